The lowest BCUT2D eigenvalue weighted by molar-refractivity contribution is 0.134. The molecular weight excluding hydrogens is 512 g/mol. The minimum Gasteiger partial charge on any atom is -0.449 e. The van der Waals surface area contributed by atoms with E-state index in [0.29, 0.717) is 47.7 Å². The first-order valence-corrected chi connectivity index (χ1v) is 12.1. The molecule has 0 amide bonds. The minimum atomic E-state index is -3.46. The lowest BCUT2D eigenvalue weighted by Gasteiger charge is -2.36. The van der Waals surface area contributed by atoms with E-state index in [1.54, 1.807) is 30.3 Å². The van der Waals surface area contributed by atoms with Crippen LogP contribution in [0.5, 0.6) is 5.95 Å². The fourth-order valence-electron chi connectivity index (χ4n) is 3.56. The first kappa shape index (κ1) is 21.9. The molecule has 11 heteroatoms. The number of nitrogens with zero attached hydrogens (tertiary/aromatic N) is 2. The summed E-state index contributed by atoms with van der Waals surface area (Å²) in [4.78, 5) is 12.8. The molecule has 1 saturated heterocycles. The summed E-state index contributed by atoms with van der Waals surface area (Å²) in [6.45, 7) is 1.72. The smallest absolute Gasteiger partial charge is 0.449 e. The number of anilines is 1. The van der Waals surface area contributed by atoms with Crippen LogP contribution in [0.2, 0.25) is 5.02 Å². The lowest BCUT2D eigenvalue weighted by Crippen LogP contribution is -2.49. The second-order valence-electron chi connectivity index (χ2n) is 7.02. The summed E-state index contributed by atoms with van der Waals surface area (Å²) in [5, 5.41) is 9.93. The molecule has 4 rings (SSSR count). The van der Waals surface area contributed by atoms with E-state index in [2.05, 4.69) is 25.6 Å². The third kappa shape index (κ3) is 4.82. The molecule has 0 bridgehead atoms. The molecule has 2 aromatic carbocycles. The van der Waals surface area contributed by atoms with Crippen molar-refractivity contribution in [1.82, 2.24) is 4.31 Å². The number of hydrogen-bond acceptors (Lipinski definition) is 6. The second-order valence-corrected chi connectivity index (χ2v) is 10.2. The Labute approximate surface area is 192 Å². The molecule has 1 aromatic heterocycles. The third-order valence-electron chi connectivity index (χ3n) is 4.99. The number of ether oxygens (including phenoxy) is 1. The molecule has 164 valence electrons. The van der Waals surface area contributed by atoms with Crippen LogP contribution in [0, 0.1) is 0 Å². The molecule has 3 aromatic rings. The molecule has 0 unspecified atom stereocenters. The summed E-state index contributed by atoms with van der Waals surface area (Å²) in [6.07, 6.45) is -1.45. The Kier molecular flexibility index (Phi) is 6.16. The number of carboxylic acid groups (broad SMARTS) is 1. The number of hydrogen-bond donors (Lipinski definition) is 1. The fraction of sp³-hybridized carbons (Fsp3) is 0.250. The molecule has 1 N–H and O–H groups in total. The highest BCUT2D eigenvalue weighted by molar-refractivity contribution is 9.10. The summed E-state index contributed by atoms with van der Waals surface area (Å²) < 4.78 is 37.8. The number of furan rings is 1. The Morgan fingerprint density at radius 2 is 1.90 bits per heavy atom. The zero-order valence-electron chi connectivity index (χ0n) is 16.1. The third-order valence-corrected chi connectivity index (χ3v) is 7.91. The highest BCUT2D eigenvalue weighted by atomic mass is 79.9. The molecular formula is C20H18BrClN2O6S. The zero-order chi connectivity index (χ0) is 22.2. The Balaban J connectivity index is 1.47. The van der Waals surface area contributed by atoms with Gasteiger partial charge in [0.2, 0.25) is 10.0 Å². The molecule has 1 aliphatic rings. The van der Waals surface area contributed by atoms with E-state index in [1.165, 1.54) is 10.4 Å². The average molecular weight is 530 g/mol. The first-order chi connectivity index (χ1) is 14.7. The normalized spacial score (nSPS) is 15.4. The quantitative estimate of drug-likeness (QED) is 0.484. The largest absolute Gasteiger partial charge is 0.513 e. The second kappa shape index (κ2) is 8.70. The van der Waals surface area contributed by atoms with Gasteiger partial charge < -0.3 is 19.2 Å². The highest BCUT2D eigenvalue weighted by Gasteiger charge is 2.28. The average Bonchev–Trinajstić information content (AvgIpc) is 3.11. The Morgan fingerprint density at radius 1 is 1.16 bits per heavy atom. The maximum absolute atomic E-state index is 12.8. The summed E-state index contributed by atoms with van der Waals surface area (Å²) in [5.74, 6) is -0.206. The van der Waals surface area contributed by atoms with Gasteiger partial charge in [0.15, 0.2) is 0 Å². The van der Waals surface area contributed by atoms with Crippen molar-refractivity contribution >= 4 is 60.4 Å². The molecule has 0 aliphatic carbocycles. The van der Waals surface area contributed by atoms with Crippen molar-refractivity contribution in [2.45, 2.75) is 5.75 Å². The van der Waals surface area contributed by atoms with E-state index < -0.39 is 16.2 Å². The molecule has 0 saturated carbocycles. The van der Waals surface area contributed by atoms with Crippen molar-refractivity contribution < 1.29 is 27.5 Å². The maximum atomic E-state index is 12.8. The first-order valence-electron chi connectivity index (χ1n) is 9.33. The number of fused-ring (bicyclic) bond motifs is 1. The number of halogens is 2. The van der Waals surface area contributed by atoms with Crippen LogP contribution in [-0.4, -0.2) is 50.2 Å². The molecule has 0 spiro atoms. The number of benzene rings is 2. The number of sulfonamides is 1. The van der Waals surface area contributed by atoms with Gasteiger partial charge in [0.05, 0.1) is 15.9 Å². The molecule has 0 radical (unpaired) electrons. The van der Waals surface area contributed by atoms with Gasteiger partial charge in [-0.1, -0.05) is 23.7 Å². The predicted molar refractivity (Wildman–Crippen MR) is 120 cm³/mol. The van der Waals surface area contributed by atoms with Gasteiger partial charge >= 0.3 is 6.16 Å². The van der Waals surface area contributed by atoms with Crippen molar-refractivity contribution in [3.05, 3.63) is 57.5 Å². The monoisotopic (exact) mass is 528 g/mol. The molecule has 2 heterocycles. The van der Waals surface area contributed by atoms with Gasteiger partial charge in [-0.3, -0.25) is 0 Å². The highest BCUT2D eigenvalue weighted by Crippen LogP contribution is 2.38. The summed E-state index contributed by atoms with van der Waals surface area (Å²) in [5.41, 5.74) is 2.00. The van der Waals surface area contributed by atoms with Gasteiger partial charge in [0, 0.05) is 42.7 Å². The van der Waals surface area contributed by atoms with Gasteiger partial charge in [-0.05, 0) is 45.8 Å². The fourth-order valence-corrected chi connectivity index (χ4v) is 5.97. The topological polar surface area (TPSA) is 100 Å². The van der Waals surface area contributed by atoms with E-state index >= 15 is 0 Å². The Morgan fingerprint density at radius 3 is 2.58 bits per heavy atom. The van der Waals surface area contributed by atoms with E-state index in [9.17, 15) is 13.2 Å². The van der Waals surface area contributed by atoms with Crippen molar-refractivity contribution in [3.8, 4) is 5.95 Å². The van der Waals surface area contributed by atoms with Crippen LogP contribution in [0.3, 0.4) is 0 Å². The van der Waals surface area contributed by atoms with E-state index in [-0.39, 0.29) is 11.7 Å². The van der Waals surface area contributed by atoms with Gasteiger partial charge in [-0.25, -0.2) is 13.2 Å². The van der Waals surface area contributed by atoms with Crippen LogP contribution in [0.15, 0.2) is 51.4 Å². The van der Waals surface area contributed by atoms with E-state index in [4.69, 9.17) is 21.1 Å². The van der Waals surface area contributed by atoms with Crippen molar-refractivity contribution in [2.75, 3.05) is 31.1 Å². The molecule has 1 aliphatic heterocycles. The Hall–Kier alpha value is -2.27. The maximum Gasteiger partial charge on any atom is 0.513 e. The summed E-state index contributed by atoms with van der Waals surface area (Å²) in [7, 11) is -3.46. The van der Waals surface area contributed by atoms with Crippen LogP contribution in [0.25, 0.3) is 11.0 Å². The number of carbonyl (C=O) groups is 1. The van der Waals surface area contributed by atoms with E-state index in [0.717, 1.165) is 10.2 Å². The minimum absolute atomic E-state index is 0.0927. The van der Waals surface area contributed by atoms with Crippen LogP contribution in [0.1, 0.15) is 5.56 Å². The molecule has 1 fully saturated rings. The van der Waals surface area contributed by atoms with Gasteiger partial charge in [-0.15, -0.1) is 0 Å². The number of rotatable bonds is 5. The lowest BCUT2D eigenvalue weighted by atomic mass is 10.2. The van der Waals surface area contributed by atoms with Gasteiger partial charge in [-0.2, -0.15) is 4.31 Å². The standard InChI is InChI=1S/C20H18BrClN2O6S/c21-19-15-11-18(30-20(25)26)29-17(15)5-4-16(19)23-6-8-24(9-7-23)31(27,28)12-13-2-1-3-14(22)10-13/h1-5,10-11H,6-9,12H2,(H,25,26). The predicted octanol–water partition coefficient (Wildman–Crippen LogP) is 4.56. The molecule has 0 atom stereocenters. The van der Waals surface area contributed by atoms with Crippen LogP contribution < -0.4 is 9.64 Å². The molecule has 31 heavy (non-hydrogen) atoms. The zero-order valence-corrected chi connectivity index (χ0v) is 19.3. The Bertz CT molecular complexity index is 1240. The van der Waals surface area contributed by atoms with Crippen molar-refractivity contribution in [1.29, 1.82) is 0 Å². The van der Waals surface area contributed by atoms with E-state index in [1.807, 2.05) is 6.07 Å². The van der Waals surface area contributed by atoms with Crippen molar-refractivity contribution in [2.24, 2.45) is 0 Å². The van der Waals surface area contributed by atoms with Gasteiger partial charge in [0.1, 0.15) is 5.58 Å². The summed E-state index contributed by atoms with van der Waals surface area (Å²) in [6, 6.07) is 11.9. The molecule has 8 nitrogen and oxygen atoms in total. The SMILES string of the molecule is O=C(O)Oc1cc2c(Br)c(N3CCN(S(=O)(=O)Cc4cccc(Cl)c4)CC3)ccc2o1. The van der Waals surface area contributed by atoms with Crippen molar-refractivity contribution in [3.63, 3.8) is 0 Å². The van der Waals surface area contributed by atoms with Crippen LogP contribution in [-0.2, 0) is 15.8 Å². The number of piperazine rings is 1. The van der Waals surface area contributed by atoms with Crippen LogP contribution >= 0.6 is 27.5 Å². The van der Waals surface area contributed by atoms with Gasteiger partial charge in [0.25, 0.3) is 5.95 Å². The summed E-state index contributed by atoms with van der Waals surface area (Å²) >= 11 is 9.52. The van der Waals surface area contributed by atoms with Crippen LogP contribution in [0.4, 0.5) is 10.5 Å².